The number of benzene rings is 4. The lowest BCUT2D eigenvalue weighted by Crippen LogP contribution is -2.50. The van der Waals surface area contributed by atoms with Crippen molar-refractivity contribution in [3.8, 4) is 32.4 Å². The Morgan fingerprint density at radius 2 is 1.22 bits per heavy atom. The van der Waals surface area contributed by atoms with Crippen LogP contribution in [0.25, 0.3) is 20.9 Å². The molecule has 2 aromatic heterocycles. The van der Waals surface area contributed by atoms with Crippen LogP contribution < -0.4 is 9.47 Å². The van der Waals surface area contributed by atoms with E-state index in [1.807, 2.05) is 29.4 Å². The third kappa shape index (κ3) is 9.19. The Bertz CT molecular complexity index is 2970. The monoisotopic (exact) mass is 1010 g/mol. The fourth-order valence-corrected chi connectivity index (χ4v) is 14.8. The molecule has 0 unspecified atom stereocenters. The molecule has 2 fully saturated rings. The maximum atomic E-state index is 12.3. The Morgan fingerprint density at radius 3 is 1.69 bits per heavy atom. The third-order valence-corrected chi connectivity index (χ3v) is 18.6. The Morgan fingerprint density at radius 1 is 0.681 bits per heavy atom. The minimum atomic E-state index is -0.693. The fraction of sp³-hybridized carbons (Fsp3) is 0.467. The average molecular weight is 1010 g/mol. The number of aryl methyl sites for hydroxylation is 2. The van der Waals surface area contributed by atoms with E-state index in [4.69, 9.17) is 23.9 Å². The maximum Gasteiger partial charge on any atom is 0.307 e. The summed E-state index contributed by atoms with van der Waals surface area (Å²) < 4.78 is 26.0. The zero-order chi connectivity index (χ0) is 50.6. The molecule has 10 rings (SSSR count). The first-order chi connectivity index (χ1) is 34.5. The van der Waals surface area contributed by atoms with Gasteiger partial charge in [0.1, 0.15) is 24.7 Å². The molecular formula is C60H68N2O8S2. The number of hydrogen-bond donors (Lipinski definition) is 2. The smallest absolute Gasteiger partial charge is 0.307 e. The van der Waals surface area contributed by atoms with E-state index in [0.717, 1.165) is 136 Å². The van der Waals surface area contributed by atoms with Crippen LogP contribution in [0.15, 0.2) is 90.0 Å². The minimum absolute atomic E-state index is 0.228. The van der Waals surface area contributed by atoms with Crippen LogP contribution in [0.4, 0.5) is 0 Å². The Labute approximate surface area is 432 Å². The second kappa shape index (κ2) is 19.8. The second-order valence-corrected chi connectivity index (χ2v) is 24.4. The predicted molar refractivity (Wildman–Crippen MR) is 283 cm³/mol. The van der Waals surface area contributed by atoms with Crippen molar-refractivity contribution in [2.24, 2.45) is 22.7 Å². The van der Waals surface area contributed by atoms with Gasteiger partial charge < -0.3 is 29.2 Å². The topological polar surface area (TPSA) is 137 Å². The number of carbonyl (C=O) groups is 2. The van der Waals surface area contributed by atoms with E-state index in [2.05, 4.69) is 100 Å². The molecule has 378 valence electrons. The Balaban J connectivity index is 0.917. The summed E-state index contributed by atoms with van der Waals surface area (Å²) >= 11 is 3.24. The van der Waals surface area contributed by atoms with Crippen molar-refractivity contribution >= 4 is 34.6 Å². The van der Waals surface area contributed by atoms with E-state index in [-0.39, 0.29) is 40.3 Å². The van der Waals surface area contributed by atoms with Gasteiger partial charge in [0.15, 0.2) is 0 Å². The van der Waals surface area contributed by atoms with Crippen LogP contribution in [0.5, 0.6) is 11.5 Å². The number of nitrogens with zero attached hydrogens (tertiary/aromatic N) is 2. The summed E-state index contributed by atoms with van der Waals surface area (Å²) in [6.07, 6.45) is 11.0. The van der Waals surface area contributed by atoms with Gasteiger partial charge in [0.2, 0.25) is 0 Å². The first-order valence-corrected chi connectivity index (χ1v) is 27.4. The van der Waals surface area contributed by atoms with Crippen LogP contribution in [0.1, 0.15) is 148 Å². The first kappa shape index (κ1) is 50.1. The number of hydrogen-bond acceptors (Lipinski definition) is 10. The number of rotatable bonds is 17. The van der Waals surface area contributed by atoms with Crippen LogP contribution in [0.2, 0.25) is 0 Å². The summed E-state index contributed by atoms with van der Waals surface area (Å²) in [6.45, 7) is 11.8. The standard InChI is InChI=1S/C60H68N2O8S2/c1-57(2,3)53(67-6)45-27-37(33-70-41-17-15-39-11-9-23-60(49(39)29-41)25-21-47(60)56(65)66)13-19-43(45)52-50(62-35-72-52)30-58(4,5)54(68-7)44-26-36(12-18-42(44)51-31-61-34-71-51)32-69-40-16-14-38-10-8-22-59(48(38)28-40)24-20-46(59)55(63)64/h12-19,26-29,31,34-35,46-47,53-54H,8-11,20-25,30,32-33H2,1-7H3,(H,63,64)(H,65,66)/t46-,47-,53-,54+,59+,60+/m1/s1. The SMILES string of the molecule is CO[C@H](c1cc(COc2ccc3c(c2)[C@@]2(CCC3)CC[C@@H]2C(=O)O)ccc1-c1scnc1CC(C)(C)[C@@H](OC)c1cc(COc2ccc3c(c2)[C@@]2(CCC3)CC[C@@H]2C(=O)O)ccc1-c1cncs1)C(C)(C)C. The van der Waals surface area contributed by atoms with Gasteiger partial charge in [0.05, 0.1) is 50.5 Å². The Kier molecular flexibility index (Phi) is 13.8. The van der Waals surface area contributed by atoms with Crippen molar-refractivity contribution in [2.75, 3.05) is 14.2 Å². The fourth-order valence-electron chi connectivity index (χ4n) is 13.3. The molecule has 4 aliphatic rings. The van der Waals surface area contributed by atoms with Crippen LogP contribution in [-0.2, 0) is 62.4 Å². The van der Waals surface area contributed by atoms with Crippen LogP contribution in [0.3, 0.4) is 0 Å². The Hall–Kier alpha value is -5.40. The van der Waals surface area contributed by atoms with Crippen molar-refractivity contribution in [2.45, 2.75) is 141 Å². The molecule has 0 bridgehead atoms. The molecule has 6 aromatic rings. The second-order valence-electron chi connectivity index (χ2n) is 22.7. The van der Waals surface area contributed by atoms with E-state index in [1.54, 1.807) is 36.9 Å². The van der Waals surface area contributed by atoms with Crippen molar-refractivity contribution in [3.63, 3.8) is 0 Å². The number of ether oxygens (including phenoxy) is 4. The molecule has 6 atom stereocenters. The molecule has 2 saturated carbocycles. The van der Waals surface area contributed by atoms with Gasteiger partial charge in [-0.15, -0.1) is 22.7 Å². The van der Waals surface area contributed by atoms with Crippen molar-refractivity contribution in [3.05, 3.63) is 140 Å². The molecule has 2 N–H and O–H groups in total. The predicted octanol–water partition coefficient (Wildman–Crippen LogP) is 13.9. The van der Waals surface area contributed by atoms with Crippen LogP contribution in [0, 0.1) is 22.7 Å². The molecule has 10 nitrogen and oxygen atoms in total. The molecule has 0 saturated heterocycles. The highest BCUT2D eigenvalue weighted by Crippen LogP contribution is 2.57. The molecule has 4 aromatic carbocycles. The highest BCUT2D eigenvalue weighted by molar-refractivity contribution is 7.13. The minimum Gasteiger partial charge on any atom is -0.489 e. The molecule has 0 aliphatic heterocycles. The van der Waals surface area contributed by atoms with Gasteiger partial charge in [-0.3, -0.25) is 14.6 Å². The number of thiazole rings is 2. The summed E-state index contributed by atoms with van der Waals surface area (Å²) in [5.41, 5.74) is 14.6. The first-order valence-electron chi connectivity index (χ1n) is 25.7. The molecule has 0 amide bonds. The summed E-state index contributed by atoms with van der Waals surface area (Å²) in [6, 6.07) is 25.7. The van der Waals surface area contributed by atoms with Crippen molar-refractivity contribution in [1.82, 2.24) is 9.97 Å². The van der Waals surface area contributed by atoms with Gasteiger partial charge >= 0.3 is 11.9 Å². The molecule has 2 heterocycles. The maximum absolute atomic E-state index is 12.3. The summed E-state index contributed by atoms with van der Waals surface area (Å²) in [5, 5.41) is 20.2. The number of carboxylic acids is 2. The van der Waals surface area contributed by atoms with E-state index in [1.165, 1.54) is 11.1 Å². The zero-order valence-electron chi connectivity index (χ0n) is 42.7. The summed E-state index contributed by atoms with van der Waals surface area (Å²) in [4.78, 5) is 36.2. The lowest BCUT2D eigenvalue weighted by molar-refractivity contribution is -0.151. The molecular weight excluding hydrogens is 941 g/mol. The largest absolute Gasteiger partial charge is 0.489 e. The van der Waals surface area contributed by atoms with Gasteiger partial charge in [-0.2, -0.15) is 0 Å². The summed E-state index contributed by atoms with van der Waals surface area (Å²) in [5.74, 6) is -0.540. The summed E-state index contributed by atoms with van der Waals surface area (Å²) in [7, 11) is 3.57. The number of carboxylic acid groups (broad SMARTS) is 2. The van der Waals surface area contributed by atoms with Crippen molar-refractivity contribution < 1.29 is 38.7 Å². The van der Waals surface area contributed by atoms with Crippen LogP contribution in [-0.4, -0.2) is 46.3 Å². The lowest BCUT2D eigenvalue weighted by Gasteiger charge is -2.51. The third-order valence-electron chi connectivity index (χ3n) is 16.8. The van der Waals surface area contributed by atoms with Gasteiger partial charge in [-0.25, -0.2) is 4.98 Å². The van der Waals surface area contributed by atoms with Crippen molar-refractivity contribution in [1.29, 1.82) is 0 Å². The van der Waals surface area contributed by atoms with E-state index in [9.17, 15) is 19.8 Å². The van der Waals surface area contributed by atoms with E-state index >= 15 is 0 Å². The molecule has 0 radical (unpaired) electrons. The van der Waals surface area contributed by atoms with E-state index in [0.29, 0.717) is 19.6 Å². The molecule has 4 aliphatic carbocycles. The van der Waals surface area contributed by atoms with Crippen LogP contribution >= 0.6 is 22.7 Å². The van der Waals surface area contributed by atoms with E-state index < -0.39 is 17.4 Å². The number of aromatic nitrogens is 2. The average Bonchev–Trinajstić information content (AvgIpc) is 4.04. The highest BCUT2D eigenvalue weighted by Gasteiger charge is 2.54. The van der Waals surface area contributed by atoms with Gasteiger partial charge in [-0.1, -0.05) is 71.0 Å². The number of fused-ring (bicyclic) bond motifs is 4. The van der Waals surface area contributed by atoms with Gasteiger partial charge in [-0.05, 0) is 168 Å². The lowest BCUT2D eigenvalue weighted by atomic mass is 9.52. The molecule has 2 spiro atoms. The number of aliphatic carboxylic acids is 2. The normalized spacial score (nSPS) is 22.3. The van der Waals surface area contributed by atoms with Gasteiger partial charge in [0.25, 0.3) is 0 Å². The number of methoxy groups -OCH3 is 2. The zero-order valence-corrected chi connectivity index (χ0v) is 44.3. The quantitative estimate of drug-likeness (QED) is 0.0908. The highest BCUT2D eigenvalue weighted by atomic mass is 32.1. The van der Waals surface area contributed by atoms with Gasteiger partial charge in [0, 0.05) is 36.7 Å². The molecule has 72 heavy (non-hydrogen) atoms. The molecule has 12 heteroatoms.